The number of fused-ring (bicyclic) bond motifs is 2. The van der Waals surface area contributed by atoms with Gasteiger partial charge in [0.1, 0.15) is 30.2 Å². The van der Waals surface area contributed by atoms with E-state index in [2.05, 4.69) is 31.6 Å². The van der Waals surface area contributed by atoms with Crippen molar-refractivity contribution in [3.05, 3.63) is 71.8 Å². The van der Waals surface area contributed by atoms with Crippen LogP contribution in [0.4, 0.5) is 0 Å². The Kier molecular flexibility index (Phi) is 17.5. The number of rotatable bonds is 14. The van der Waals surface area contributed by atoms with Gasteiger partial charge in [-0.2, -0.15) is 0 Å². The van der Waals surface area contributed by atoms with Crippen LogP contribution in [0, 0.1) is 10.8 Å². The van der Waals surface area contributed by atoms with Crippen LogP contribution in [0.5, 0.6) is 0 Å². The minimum Gasteiger partial charge on any atom is -0.367 e. The number of carbonyl (C=O) groups excluding carboxylic acids is 6. The van der Waals surface area contributed by atoms with Crippen molar-refractivity contribution < 1.29 is 28.8 Å². The normalized spacial score (nSPS) is 26.6. The standard InChI is InChI=1S/C50H68N10O6S4/c1-30(52-7)44(68)55-35-19-25-70-37-26-49(2,3)40(59(37)47(35)65)42(61)53-28-33(31-14-10-8-11-15-31)45(63)57-20-22-58(23-21-57)48(66)39(32-16-12-9-13-17-32)56-43(62)41-50(4,5)27-38-60(41)46(64)34(18-24-69-38)54-36(67)29-51-6/h8-17,28,30,33-35,37-41,51-52H,18-27,29H2,1-7H3,(H,54,67)(H,55,68)(H,56,62)/b53-28+/t30-,33?,34-,35-,37-,38-,39-,40+,41+/m0/s1. The second-order valence-electron chi connectivity index (χ2n) is 20.1. The van der Waals surface area contributed by atoms with Crippen LogP contribution in [0.2, 0.25) is 0 Å². The molecule has 2 aromatic rings. The quantitative estimate of drug-likeness (QED) is 0.137. The summed E-state index contributed by atoms with van der Waals surface area (Å²) in [5.74, 6) is -1.35. The van der Waals surface area contributed by atoms with E-state index in [-0.39, 0.29) is 66.6 Å². The molecule has 378 valence electrons. The number of nitrogens with one attached hydrogen (secondary N) is 5. The third kappa shape index (κ3) is 11.7. The van der Waals surface area contributed by atoms with E-state index in [4.69, 9.17) is 24.4 Å². The molecule has 6 amide bonds. The molecule has 1 unspecified atom stereocenters. The highest BCUT2D eigenvalue weighted by atomic mass is 32.2. The number of thioether (sulfide) groups is 2. The first kappa shape index (κ1) is 53.3. The van der Waals surface area contributed by atoms with Crippen molar-refractivity contribution in [2.75, 3.05) is 58.3 Å². The number of nitrogens with zero attached hydrogens (tertiary/aromatic N) is 5. The maximum Gasteiger partial charge on any atom is 0.268 e. The predicted molar refractivity (Wildman–Crippen MR) is 284 cm³/mol. The number of likely N-dealkylation sites (N-methyl/N-ethyl adjacent to an activating group) is 2. The van der Waals surface area contributed by atoms with Gasteiger partial charge in [0.25, 0.3) is 5.91 Å². The smallest absolute Gasteiger partial charge is 0.268 e. The lowest BCUT2D eigenvalue weighted by molar-refractivity contribution is -0.145. The summed E-state index contributed by atoms with van der Waals surface area (Å²) in [5, 5.41) is 15.3. The lowest BCUT2D eigenvalue weighted by atomic mass is 9.83. The number of amides is 6. The zero-order valence-corrected chi connectivity index (χ0v) is 44.4. The van der Waals surface area contributed by atoms with Crippen LogP contribution in [-0.4, -0.2) is 171 Å². The van der Waals surface area contributed by atoms with E-state index < -0.39 is 58.8 Å². The molecule has 2 aromatic carbocycles. The van der Waals surface area contributed by atoms with Crippen molar-refractivity contribution in [2.24, 2.45) is 15.8 Å². The molecule has 5 saturated heterocycles. The molecule has 70 heavy (non-hydrogen) atoms. The van der Waals surface area contributed by atoms with Gasteiger partial charge in [-0.3, -0.25) is 28.8 Å². The molecule has 5 fully saturated rings. The summed E-state index contributed by atoms with van der Waals surface area (Å²) in [5.41, 5.74) is 0.0660. The molecule has 9 atom stereocenters. The molecular weight excluding hydrogens is 965 g/mol. The summed E-state index contributed by atoms with van der Waals surface area (Å²) in [6.07, 6.45) is 3.76. The van der Waals surface area contributed by atoms with E-state index in [9.17, 15) is 28.8 Å². The SMILES string of the molecule is CNCC(=S)N[C@H]1CCS[C@H]2CC(C)(C)[C@@H](C(=O)N[C@H](C(=O)N3CCN(C(=O)C(/C=N/C(=O)[C@H]4N5C(=O)[C@@H](NC(=S)[C@H](C)NC)CCS[C@H]5CC4(C)C)c4ccccc4)CC3)c3ccccc3)N2C1=O. The van der Waals surface area contributed by atoms with E-state index in [0.29, 0.717) is 53.3 Å². The van der Waals surface area contributed by atoms with E-state index >= 15 is 0 Å². The molecular formula is C50H68N10O6S4. The van der Waals surface area contributed by atoms with Crippen LogP contribution in [0.25, 0.3) is 0 Å². The van der Waals surface area contributed by atoms with Crippen LogP contribution in [0.3, 0.4) is 0 Å². The summed E-state index contributed by atoms with van der Waals surface area (Å²) >= 11 is 14.4. The number of aliphatic imine (C=N–C) groups is 1. The largest absolute Gasteiger partial charge is 0.367 e. The molecule has 5 heterocycles. The Bertz CT molecular complexity index is 2320. The first-order chi connectivity index (χ1) is 33.4. The van der Waals surface area contributed by atoms with Gasteiger partial charge in [-0.1, -0.05) is 113 Å². The number of carbonyl (C=O) groups is 6. The number of thiocarbonyl (C=S) groups is 2. The summed E-state index contributed by atoms with van der Waals surface area (Å²) in [6.45, 7) is 11.1. The van der Waals surface area contributed by atoms with Gasteiger partial charge in [0.2, 0.25) is 29.5 Å². The van der Waals surface area contributed by atoms with E-state index in [0.717, 1.165) is 11.5 Å². The highest BCUT2D eigenvalue weighted by Gasteiger charge is 2.56. The summed E-state index contributed by atoms with van der Waals surface area (Å²) in [6, 6.07) is 14.2. The molecule has 5 aliphatic rings. The van der Waals surface area contributed by atoms with Crippen LogP contribution in [0.1, 0.15) is 83.4 Å². The molecule has 0 spiro atoms. The Morgan fingerprint density at radius 2 is 1.24 bits per heavy atom. The number of benzene rings is 2. The minimum atomic E-state index is -1.05. The Labute approximate surface area is 431 Å². The van der Waals surface area contributed by atoms with Gasteiger partial charge in [0.05, 0.1) is 32.7 Å². The van der Waals surface area contributed by atoms with Gasteiger partial charge in [0, 0.05) is 38.9 Å². The van der Waals surface area contributed by atoms with Gasteiger partial charge < -0.3 is 46.2 Å². The monoisotopic (exact) mass is 1030 g/mol. The maximum absolute atomic E-state index is 14.7. The van der Waals surface area contributed by atoms with Gasteiger partial charge in [-0.25, -0.2) is 4.99 Å². The Hall–Kier alpha value is -4.47. The molecule has 5 aliphatic heterocycles. The molecule has 16 nitrogen and oxygen atoms in total. The number of hydrogen-bond donors (Lipinski definition) is 5. The first-order valence-corrected chi connectivity index (χ1v) is 27.1. The third-order valence-electron chi connectivity index (χ3n) is 14.2. The molecule has 0 aliphatic carbocycles. The average molecular weight is 1030 g/mol. The van der Waals surface area contributed by atoms with Gasteiger partial charge in [0.15, 0.2) is 0 Å². The van der Waals surface area contributed by atoms with Crippen molar-refractivity contribution in [1.82, 2.24) is 46.2 Å². The Balaban J connectivity index is 1.06. The van der Waals surface area contributed by atoms with Crippen LogP contribution >= 0.6 is 48.0 Å². The summed E-state index contributed by atoms with van der Waals surface area (Å²) in [7, 11) is 3.59. The Morgan fingerprint density at radius 1 is 0.743 bits per heavy atom. The lowest BCUT2D eigenvalue weighted by Crippen LogP contribution is -2.59. The topological polar surface area (TPSA) is 188 Å². The second kappa shape index (κ2) is 22.9. The second-order valence-corrected chi connectivity index (χ2v) is 23.6. The van der Waals surface area contributed by atoms with E-state index in [1.54, 1.807) is 69.4 Å². The van der Waals surface area contributed by atoms with Gasteiger partial charge in [-0.15, -0.1) is 23.5 Å². The number of hydrogen-bond acceptors (Lipinski definition) is 12. The summed E-state index contributed by atoms with van der Waals surface area (Å²) in [4.78, 5) is 99.2. The van der Waals surface area contributed by atoms with Crippen molar-refractivity contribution in [2.45, 2.75) is 113 Å². The zero-order valence-electron chi connectivity index (χ0n) is 41.1. The van der Waals surface area contributed by atoms with Crippen LogP contribution < -0.4 is 26.6 Å². The summed E-state index contributed by atoms with van der Waals surface area (Å²) < 4.78 is 0. The predicted octanol–water partition coefficient (Wildman–Crippen LogP) is 3.47. The first-order valence-electron chi connectivity index (χ1n) is 24.2. The van der Waals surface area contributed by atoms with Crippen LogP contribution in [0.15, 0.2) is 65.7 Å². The highest BCUT2D eigenvalue weighted by molar-refractivity contribution is 8.00. The van der Waals surface area contributed by atoms with Crippen molar-refractivity contribution in [1.29, 1.82) is 0 Å². The van der Waals surface area contributed by atoms with E-state index in [1.807, 2.05) is 83.1 Å². The van der Waals surface area contributed by atoms with Gasteiger partial charge >= 0.3 is 0 Å². The molecule has 20 heteroatoms. The Morgan fingerprint density at radius 3 is 1.79 bits per heavy atom. The fraction of sp³-hybridized carbons (Fsp3) is 0.580. The number of piperazine rings is 1. The minimum absolute atomic E-state index is 0.136. The fourth-order valence-corrected chi connectivity index (χ4v) is 14.1. The molecule has 5 N–H and O–H groups in total. The third-order valence-corrected chi connectivity index (χ3v) is 17.5. The average Bonchev–Trinajstić information content (AvgIpc) is 3.66. The fourth-order valence-electron chi connectivity index (χ4n) is 10.4. The molecule has 0 aromatic heterocycles. The maximum atomic E-state index is 14.7. The molecule has 0 radical (unpaired) electrons. The van der Waals surface area contributed by atoms with Crippen molar-refractivity contribution >= 4 is 99.6 Å². The molecule has 7 rings (SSSR count). The molecule has 0 bridgehead atoms. The van der Waals surface area contributed by atoms with Crippen molar-refractivity contribution in [3.8, 4) is 0 Å². The van der Waals surface area contributed by atoms with Crippen LogP contribution in [-0.2, 0) is 28.8 Å². The zero-order chi connectivity index (χ0) is 50.5. The van der Waals surface area contributed by atoms with Gasteiger partial charge in [-0.05, 0) is 80.2 Å². The van der Waals surface area contributed by atoms with Crippen molar-refractivity contribution in [3.63, 3.8) is 0 Å². The lowest BCUT2D eigenvalue weighted by Gasteiger charge is -2.38. The molecule has 0 saturated carbocycles. The highest BCUT2D eigenvalue weighted by Crippen LogP contribution is 2.48. The van der Waals surface area contributed by atoms with E-state index in [1.165, 1.54) is 6.21 Å².